The van der Waals surface area contributed by atoms with Crippen molar-refractivity contribution in [1.82, 2.24) is 5.32 Å². The van der Waals surface area contributed by atoms with Crippen molar-refractivity contribution in [2.75, 3.05) is 0 Å². The van der Waals surface area contributed by atoms with Gasteiger partial charge in [-0.15, -0.1) is 0 Å². The number of rotatable bonds is 2. The normalized spacial score (nSPS) is 35.5. The lowest BCUT2D eigenvalue weighted by atomic mass is 9.73. The molecule has 2 aliphatic carbocycles. The second-order valence-corrected chi connectivity index (χ2v) is 9.22. The highest BCUT2D eigenvalue weighted by Crippen LogP contribution is 2.39. The quantitative estimate of drug-likeness (QED) is 0.654. The van der Waals surface area contributed by atoms with E-state index in [2.05, 4.69) is 39.9 Å². The molecule has 0 saturated heterocycles. The molecule has 0 heterocycles. The maximum Gasteiger partial charge on any atom is 0.0121 e. The predicted molar refractivity (Wildman–Crippen MR) is 89.0 cm³/mol. The van der Waals surface area contributed by atoms with Gasteiger partial charge in [0.25, 0.3) is 0 Å². The lowest BCUT2D eigenvalue weighted by molar-refractivity contribution is 0.150. The molecule has 0 aromatic carbocycles. The van der Waals surface area contributed by atoms with Gasteiger partial charge in [0.2, 0.25) is 0 Å². The Morgan fingerprint density at radius 2 is 1.60 bits per heavy atom. The molecule has 0 radical (unpaired) electrons. The van der Waals surface area contributed by atoms with Crippen LogP contribution in [0.25, 0.3) is 0 Å². The Hall–Kier alpha value is -0.0400. The molecule has 1 heteroatoms. The van der Waals surface area contributed by atoms with Crippen molar-refractivity contribution in [1.29, 1.82) is 0 Å². The van der Waals surface area contributed by atoms with Gasteiger partial charge in [-0.05, 0) is 55.3 Å². The third-order valence-electron chi connectivity index (χ3n) is 6.14. The first-order valence-corrected chi connectivity index (χ1v) is 9.05. The van der Waals surface area contributed by atoms with Gasteiger partial charge >= 0.3 is 0 Å². The first kappa shape index (κ1) is 16.3. The van der Waals surface area contributed by atoms with Gasteiger partial charge in [0.1, 0.15) is 0 Å². The summed E-state index contributed by atoms with van der Waals surface area (Å²) in [5.74, 6) is 0.925. The Morgan fingerprint density at radius 1 is 0.850 bits per heavy atom. The molecule has 2 saturated carbocycles. The van der Waals surface area contributed by atoms with E-state index in [9.17, 15) is 0 Å². The van der Waals surface area contributed by atoms with E-state index in [1.807, 2.05) is 0 Å². The monoisotopic (exact) mass is 279 g/mol. The second-order valence-electron chi connectivity index (χ2n) is 9.22. The highest BCUT2D eigenvalue weighted by Gasteiger charge is 2.34. The summed E-state index contributed by atoms with van der Waals surface area (Å²) in [6.07, 6.45) is 12.7. The second kappa shape index (κ2) is 6.38. The van der Waals surface area contributed by atoms with E-state index in [-0.39, 0.29) is 0 Å². The highest BCUT2D eigenvalue weighted by atomic mass is 15.0. The zero-order valence-electron chi connectivity index (χ0n) is 14.6. The van der Waals surface area contributed by atoms with Crippen LogP contribution in [0.3, 0.4) is 0 Å². The summed E-state index contributed by atoms with van der Waals surface area (Å²) in [4.78, 5) is 0. The Balaban J connectivity index is 1.88. The third kappa shape index (κ3) is 4.23. The highest BCUT2D eigenvalue weighted by molar-refractivity contribution is 4.91. The van der Waals surface area contributed by atoms with Crippen LogP contribution in [0, 0.1) is 16.7 Å². The SMILES string of the molecule is CC(C)(C)C1CCCC(NC2CCCCC2(C)C)CC1. The zero-order valence-corrected chi connectivity index (χ0v) is 14.6. The van der Waals surface area contributed by atoms with Crippen LogP contribution >= 0.6 is 0 Å². The minimum atomic E-state index is 0.499. The van der Waals surface area contributed by atoms with Crippen molar-refractivity contribution in [3.05, 3.63) is 0 Å². The van der Waals surface area contributed by atoms with Gasteiger partial charge in [-0.1, -0.05) is 53.9 Å². The molecule has 2 aliphatic rings. The summed E-state index contributed by atoms with van der Waals surface area (Å²) < 4.78 is 0. The molecule has 3 atom stereocenters. The summed E-state index contributed by atoms with van der Waals surface area (Å²) in [6, 6.07) is 1.54. The van der Waals surface area contributed by atoms with Gasteiger partial charge in [-0.2, -0.15) is 0 Å². The summed E-state index contributed by atoms with van der Waals surface area (Å²) in [5, 5.41) is 4.06. The van der Waals surface area contributed by atoms with E-state index in [1.165, 1.54) is 57.8 Å². The Labute approximate surface area is 127 Å². The van der Waals surface area contributed by atoms with Crippen molar-refractivity contribution in [2.45, 2.75) is 104 Å². The van der Waals surface area contributed by atoms with Crippen molar-refractivity contribution in [3.63, 3.8) is 0 Å². The lowest BCUT2D eigenvalue weighted by Gasteiger charge is -2.41. The van der Waals surface area contributed by atoms with Crippen LogP contribution in [-0.2, 0) is 0 Å². The smallest absolute Gasteiger partial charge is 0.0121 e. The zero-order chi connectivity index (χ0) is 14.8. The average Bonchev–Trinajstić information content (AvgIpc) is 2.57. The van der Waals surface area contributed by atoms with E-state index >= 15 is 0 Å². The van der Waals surface area contributed by atoms with Gasteiger partial charge in [-0.3, -0.25) is 0 Å². The van der Waals surface area contributed by atoms with Gasteiger partial charge in [0.05, 0.1) is 0 Å². The molecular weight excluding hydrogens is 242 g/mol. The summed E-state index contributed by atoms with van der Waals surface area (Å²) >= 11 is 0. The standard InChI is InChI=1S/C19H37N/c1-18(2,3)15-9-8-10-16(13-12-15)20-17-11-6-7-14-19(17,4)5/h15-17,20H,6-14H2,1-5H3. The maximum absolute atomic E-state index is 4.06. The fraction of sp³-hybridized carbons (Fsp3) is 1.00. The molecule has 3 unspecified atom stereocenters. The number of hydrogen-bond acceptors (Lipinski definition) is 1. The molecule has 2 fully saturated rings. The maximum atomic E-state index is 4.06. The first-order valence-electron chi connectivity index (χ1n) is 9.05. The molecular formula is C19H37N. The van der Waals surface area contributed by atoms with Crippen LogP contribution in [0.15, 0.2) is 0 Å². The molecule has 0 aliphatic heterocycles. The van der Waals surface area contributed by atoms with Crippen LogP contribution < -0.4 is 5.32 Å². The van der Waals surface area contributed by atoms with E-state index in [0.717, 1.165) is 18.0 Å². The van der Waals surface area contributed by atoms with Gasteiger partial charge < -0.3 is 5.32 Å². The van der Waals surface area contributed by atoms with Crippen molar-refractivity contribution in [2.24, 2.45) is 16.7 Å². The topological polar surface area (TPSA) is 12.0 Å². The van der Waals surface area contributed by atoms with E-state index in [1.54, 1.807) is 0 Å². The fourth-order valence-corrected chi connectivity index (χ4v) is 4.42. The van der Waals surface area contributed by atoms with Crippen molar-refractivity contribution in [3.8, 4) is 0 Å². The molecule has 118 valence electrons. The van der Waals surface area contributed by atoms with Crippen molar-refractivity contribution >= 4 is 0 Å². The Bertz CT molecular complexity index is 299. The van der Waals surface area contributed by atoms with Crippen LogP contribution in [0.1, 0.15) is 92.4 Å². The molecule has 0 bridgehead atoms. The van der Waals surface area contributed by atoms with Gasteiger partial charge in [0, 0.05) is 12.1 Å². The molecule has 1 N–H and O–H groups in total. The van der Waals surface area contributed by atoms with Crippen LogP contribution in [0.4, 0.5) is 0 Å². The van der Waals surface area contributed by atoms with Crippen molar-refractivity contribution < 1.29 is 0 Å². The predicted octanol–water partition coefficient (Wildman–Crippen LogP) is 5.54. The van der Waals surface area contributed by atoms with Crippen LogP contribution in [0.2, 0.25) is 0 Å². The lowest BCUT2D eigenvalue weighted by Crippen LogP contribution is -2.48. The van der Waals surface area contributed by atoms with Gasteiger partial charge in [-0.25, -0.2) is 0 Å². The molecule has 20 heavy (non-hydrogen) atoms. The molecule has 2 rings (SSSR count). The van der Waals surface area contributed by atoms with E-state index in [4.69, 9.17) is 0 Å². The van der Waals surface area contributed by atoms with E-state index < -0.39 is 0 Å². The molecule has 0 aromatic rings. The first-order chi connectivity index (χ1) is 9.29. The third-order valence-corrected chi connectivity index (χ3v) is 6.14. The molecule has 0 amide bonds. The Morgan fingerprint density at radius 3 is 2.25 bits per heavy atom. The summed E-state index contributed by atoms with van der Waals surface area (Å²) in [5.41, 5.74) is 1.01. The van der Waals surface area contributed by atoms with Crippen LogP contribution in [0.5, 0.6) is 0 Å². The van der Waals surface area contributed by atoms with E-state index in [0.29, 0.717) is 10.8 Å². The van der Waals surface area contributed by atoms with Crippen LogP contribution in [-0.4, -0.2) is 12.1 Å². The number of nitrogens with one attached hydrogen (secondary N) is 1. The summed E-state index contributed by atoms with van der Waals surface area (Å²) in [7, 11) is 0. The fourth-order valence-electron chi connectivity index (χ4n) is 4.42. The molecule has 1 nitrogen and oxygen atoms in total. The Kier molecular flexibility index (Phi) is 5.21. The van der Waals surface area contributed by atoms with Gasteiger partial charge in [0.15, 0.2) is 0 Å². The molecule has 0 aromatic heterocycles. The summed E-state index contributed by atoms with van der Waals surface area (Å²) in [6.45, 7) is 12.2. The molecule has 0 spiro atoms. The largest absolute Gasteiger partial charge is 0.311 e. The average molecular weight is 280 g/mol. The minimum absolute atomic E-state index is 0.499. The minimum Gasteiger partial charge on any atom is -0.311 e. The number of hydrogen-bond donors (Lipinski definition) is 1.